The van der Waals surface area contributed by atoms with Gasteiger partial charge in [0.25, 0.3) is 0 Å². The smallest absolute Gasteiger partial charge is 0.191 e. The summed E-state index contributed by atoms with van der Waals surface area (Å²) in [6.45, 7) is 0.699. The first-order valence-electron chi connectivity index (χ1n) is 7.37. The van der Waals surface area contributed by atoms with Crippen LogP contribution in [0.4, 0.5) is 0 Å². The van der Waals surface area contributed by atoms with Crippen LogP contribution in [0.25, 0.3) is 0 Å². The molecule has 0 saturated heterocycles. The zero-order chi connectivity index (χ0) is 15.5. The van der Waals surface area contributed by atoms with E-state index < -0.39 is 0 Å². The Hall–Kier alpha value is -1.28. The molecule has 1 heterocycles. The summed E-state index contributed by atoms with van der Waals surface area (Å²) in [5.74, 6) is 1.32. The number of benzene rings is 1. The standard InChI is InChI=1S/C16H20ClN5.HI/c1-18-16(19-10-13-6-7-20-22(13)2)21-15-9-14(15)11-4-3-5-12(17)8-11;/h3-8,14-15H,9-10H2,1-2H3,(H2,18,19,21);1H. The zero-order valence-corrected chi connectivity index (χ0v) is 16.2. The van der Waals surface area contributed by atoms with Crippen LogP contribution < -0.4 is 10.6 Å². The SMILES string of the molecule is CN=C(NCc1ccnn1C)NC1CC1c1cccc(Cl)c1.I. The maximum Gasteiger partial charge on any atom is 0.191 e. The molecule has 0 radical (unpaired) electrons. The molecule has 124 valence electrons. The summed E-state index contributed by atoms with van der Waals surface area (Å²) in [7, 11) is 3.72. The zero-order valence-electron chi connectivity index (χ0n) is 13.2. The molecule has 2 atom stereocenters. The van der Waals surface area contributed by atoms with Crippen molar-refractivity contribution < 1.29 is 0 Å². The minimum absolute atomic E-state index is 0. The van der Waals surface area contributed by atoms with Crippen LogP contribution in [-0.4, -0.2) is 28.8 Å². The second-order valence-corrected chi connectivity index (χ2v) is 5.96. The second kappa shape index (κ2) is 8.01. The molecule has 1 aromatic heterocycles. The molecule has 2 N–H and O–H groups in total. The molecule has 1 fully saturated rings. The van der Waals surface area contributed by atoms with E-state index in [2.05, 4.69) is 26.8 Å². The fraction of sp³-hybridized carbons (Fsp3) is 0.375. The Morgan fingerprint density at radius 3 is 2.91 bits per heavy atom. The van der Waals surface area contributed by atoms with Gasteiger partial charge in [0.15, 0.2) is 5.96 Å². The molecular formula is C16H21ClIN5. The quantitative estimate of drug-likeness (QED) is 0.432. The summed E-state index contributed by atoms with van der Waals surface area (Å²) in [6, 6.07) is 10.5. The monoisotopic (exact) mass is 445 g/mol. The van der Waals surface area contributed by atoms with Crippen LogP contribution >= 0.6 is 35.6 Å². The van der Waals surface area contributed by atoms with E-state index in [4.69, 9.17) is 11.6 Å². The highest BCUT2D eigenvalue weighted by Gasteiger charge is 2.39. The molecule has 7 heteroatoms. The van der Waals surface area contributed by atoms with E-state index in [1.165, 1.54) is 5.56 Å². The van der Waals surface area contributed by atoms with Crippen LogP contribution in [0.3, 0.4) is 0 Å². The van der Waals surface area contributed by atoms with Crippen molar-refractivity contribution in [2.24, 2.45) is 12.0 Å². The second-order valence-electron chi connectivity index (χ2n) is 5.52. The van der Waals surface area contributed by atoms with E-state index in [1.54, 1.807) is 13.2 Å². The van der Waals surface area contributed by atoms with Gasteiger partial charge in [-0.1, -0.05) is 23.7 Å². The van der Waals surface area contributed by atoms with E-state index in [0.29, 0.717) is 18.5 Å². The van der Waals surface area contributed by atoms with Crippen molar-refractivity contribution in [3.05, 3.63) is 52.8 Å². The minimum Gasteiger partial charge on any atom is -0.353 e. The lowest BCUT2D eigenvalue weighted by Gasteiger charge is -2.12. The first-order chi connectivity index (χ1) is 10.7. The largest absolute Gasteiger partial charge is 0.353 e. The first-order valence-corrected chi connectivity index (χ1v) is 7.74. The molecule has 0 bridgehead atoms. The molecule has 0 spiro atoms. The summed E-state index contributed by atoms with van der Waals surface area (Å²) in [6.07, 6.45) is 2.90. The molecule has 2 unspecified atom stereocenters. The van der Waals surface area contributed by atoms with E-state index in [-0.39, 0.29) is 24.0 Å². The normalized spacial score (nSPS) is 19.9. The predicted octanol–water partition coefficient (Wildman–Crippen LogP) is 2.91. The number of aliphatic imine (C=N–C) groups is 1. The molecule has 1 aliphatic rings. The Labute approximate surface area is 158 Å². The van der Waals surface area contributed by atoms with E-state index in [1.807, 2.05) is 36.0 Å². The van der Waals surface area contributed by atoms with Crippen molar-refractivity contribution in [2.45, 2.75) is 24.9 Å². The van der Waals surface area contributed by atoms with E-state index in [9.17, 15) is 0 Å². The Bertz CT molecular complexity index is 685. The van der Waals surface area contributed by atoms with Gasteiger partial charge in [-0.25, -0.2) is 0 Å². The molecule has 5 nitrogen and oxygen atoms in total. The van der Waals surface area contributed by atoms with Gasteiger partial charge in [-0.15, -0.1) is 24.0 Å². The Kier molecular flexibility index (Phi) is 6.29. The summed E-state index contributed by atoms with van der Waals surface area (Å²) >= 11 is 6.05. The summed E-state index contributed by atoms with van der Waals surface area (Å²) < 4.78 is 1.85. The minimum atomic E-state index is 0. The highest BCUT2D eigenvalue weighted by Crippen LogP contribution is 2.41. The number of nitrogens with one attached hydrogen (secondary N) is 2. The van der Waals surface area contributed by atoms with Crippen molar-refractivity contribution >= 4 is 41.5 Å². The molecule has 1 aliphatic carbocycles. The summed E-state index contributed by atoms with van der Waals surface area (Å²) in [4.78, 5) is 4.28. The lowest BCUT2D eigenvalue weighted by molar-refractivity contribution is 0.683. The Morgan fingerprint density at radius 1 is 1.43 bits per heavy atom. The lowest BCUT2D eigenvalue weighted by atomic mass is 10.1. The number of aryl methyl sites for hydroxylation is 1. The fourth-order valence-corrected chi connectivity index (χ4v) is 2.78. The van der Waals surface area contributed by atoms with Crippen LogP contribution in [0.2, 0.25) is 5.02 Å². The van der Waals surface area contributed by atoms with Gasteiger partial charge in [0, 0.05) is 37.3 Å². The van der Waals surface area contributed by atoms with Crippen molar-refractivity contribution in [1.82, 2.24) is 20.4 Å². The van der Waals surface area contributed by atoms with E-state index in [0.717, 1.165) is 23.1 Å². The Balaban J connectivity index is 0.00000192. The van der Waals surface area contributed by atoms with Gasteiger partial charge in [0.05, 0.1) is 12.2 Å². The maximum atomic E-state index is 6.05. The number of halogens is 2. The average molecular weight is 446 g/mol. The first kappa shape index (κ1) is 18.1. The third-order valence-electron chi connectivity index (χ3n) is 3.97. The fourth-order valence-electron chi connectivity index (χ4n) is 2.58. The number of rotatable bonds is 4. The average Bonchev–Trinajstić information content (AvgIpc) is 3.17. The van der Waals surface area contributed by atoms with Crippen molar-refractivity contribution in [3.8, 4) is 0 Å². The van der Waals surface area contributed by atoms with Gasteiger partial charge in [-0.05, 0) is 30.2 Å². The highest BCUT2D eigenvalue weighted by atomic mass is 127. The summed E-state index contributed by atoms with van der Waals surface area (Å²) in [5, 5.41) is 11.7. The van der Waals surface area contributed by atoms with Gasteiger partial charge < -0.3 is 10.6 Å². The lowest BCUT2D eigenvalue weighted by Crippen LogP contribution is -2.38. The molecule has 1 saturated carbocycles. The molecular weight excluding hydrogens is 425 g/mol. The van der Waals surface area contributed by atoms with Crippen molar-refractivity contribution in [2.75, 3.05) is 7.05 Å². The van der Waals surface area contributed by atoms with Gasteiger partial charge in [0.1, 0.15) is 0 Å². The molecule has 0 aliphatic heterocycles. The van der Waals surface area contributed by atoms with Crippen molar-refractivity contribution in [1.29, 1.82) is 0 Å². The van der Waals surface area contributed by atoms with Crippen LogP contribution in [0.1, 0.15) is 23.6 Å². The number of hydrogen-bond donors (Lipinski definition) is 2. The number of aromatic nitrogens is 2. The third-order valence-corrected chi connectivity index (χ3v) is 4.21. The van der Waals surface area contributed by atoms with Gasteiger partial charge >= 0.3 is 0 Å². The van der Waals surface area contributed by atoms with Gasteiger partial charge in [-0.2, -0.15) is 5.10 Å². The molecule has 3 rings (SSSR count). The number of hydrogen-bond acceptors (Lipinski definition) is 2. The van der Waals surface area contributed by atoms with Gasteiger partial charge in [-0.3, -0.25) is 9.67 Å². The van der Waals surface area contributed by atoms with Crippen LogP contribution in [0.15, 0.2) is 41.5 Å². The highest BCUT2D eigenvalue weighted by molar-refractivity contribution is 14.0. The third kappa shape index (κ3) is 4.60. The van der Waals surface area contributed by atoms with Gasteiger partial charge in [0.2, 0.25) is 0 Å². The topological polar surface area (TPSA) is 54.2 Å². The van der Waals surface area contributed by atoms with Crippen LogP contribution in [-0.2, 0) is 13.6 Å². The summed E-state index contributed by atoms with van der Waals surface area (Å²) in [5.41, 5.74) is 2.40. The number of nitrogens with zero attached hydrogens (tertiary/aromatic N) is 3. The molecule has 23 heavy (non-hydrogen) atoms. The van der Waals surface area contributed by atoms with Crippen LogP contribution in [0.5, 0.6) is 0 Å². The van der Waals surface area contributed by atoms with Crippen molar-refractivity contribution in [3.63, 3.8) is 0 Å². The molecule has 1 aromatic carbocycles. The molecule has 2 aromatic rings. The molecule has 0 amide bonds. The number of guanidine groups is 1. The van der Waals surface area contributed by atoms with E-state index >= 15 is 0 Å². The predicted molar refractivity (Wildman–Crippen MR) is 105 cm³/mol. The Morgan fingerprint density at radius 2 is 2.26 bits per heavy atom. The van der Waals surface area contributed by atoms with Crippen LogP contribution in [0, 0.1) is 0 Å². The maximum absolute atomic E-state index is 6.05.